The summed E-state index contributed by atoms with van der Waals surface area (Å²) in [4.78, 5) is 47.0. The summed E-state index contributed by atoms with van der Waals surface area (Å²) < 4.78 is 5.88. The molecule has 4 N–H and O–H groups in total. The number of carbonyl (C=O) groups excluding carboxylic acids is 2. The van der Waals surface area contributed by atoms with Crippen molar-refractivity contribution in [3.8, 4) is 28.3 Å². The third kappa shape index (κ3) is 11.0. The molecule has 10 heteroatoms. The summed E-state index contributed by atoms with van der Waals surface area (Å²) >= 11 is 0. The van der Waals surface area contributed by atoms with Gasteiger partial charge in [-0.05, 0) is 52.8 Å². The van der Waals surface area contributed by atoms with Gasteiger partial charge in [0.25, 0.3) is 5.91 Å². The van der Waals surface area contributed by atoms with Crippen molar-refractivity contribution in [1.29, 1.82) is 0 Å². The Labute approximate surface area is 294 Å². The van der Waals surface area contributed by atoms with Gasteiger partial charge in [-0.2, -0.15) is 0 Å². The summed E-state index contributed by atoms with van der Waals surface area (Å²) in [6.07, 6.45) is 9.58. The van der Waals surface area contributed by atoms with Crippen LogP contribution < -0.4 is 15.4 Å². The van der Waals surface area contributed by atoms with Gasteiger partial charge < -0.3 is 25.6 Å². The Bertz CT molecular complexity index is 1680. The average molecular weight is 681 g/mol. The fourth-order valence-corrected chi connectivity index (χ4v) is 5.32. The number of aliphatic carboxylic acids is 1. The molecule has 4 aromatic rings. The SMILES string of the molecule is CCCCCCCOc1ccc(-c2cnc(-c3ccc(C[C@H](NC(=O)c4ccc(C(C)(C)C)cc4)C(=O)N[C@H](CO)C(=O)O)cc3)nc2)cc1. The van der Waals surface area contributed by atoms with E-state index < -0.39 is 36.5 Å². The molecular formula is C40H48N4O6. The number of carboxylic acid groups (broad SMARTS) is 1. The van der Waals surface area contributed by atoms with Gasteiger partial charge in [0.2, 0.25) is 5.91 Å². The molecule has 0 saturated carbocycles. The van der Waals surface area contributed by atoms with E-state index in [1.165, 1.54) is 25.7 Å². The first-order chi connectivity index (χ1) is 24.0. The number of nitrogens with zero attached hydrogens (tertiary/aromatic N) is 2. The summed E-state index contributed by atoms with van der Waals surface area (Å²) in [7, 11) is 0. The highest BCUT2D eigenvalue weighted by Crippen LogP contribution is 2.24. The molecule has 0 bridgehead atoms. The molecule has 3 aromatic carbocycles. The number of unbranched alkanes of at least 4 members (excludes halogenated alkanes) is 4. The number of aliphatic hydroxyl groups is 1. The highest BCUT2D eigenvalue weighted by atomic mass is 16.5. The van der Waals surface area contributed by atoms with Gasteiger partial charge in [0.05, 0.1) is 13.2 Å². The molecule has 4 rings (SSSR count). The van der Waals surface area contributed by atoms with Gasteiger partial charge >= 0.3 is 5.97 Å². The second kappa shape index (κ2) is 18.1. The number of hydrogen-bond donors (Lipinski definition) is 4. The highest BCUT2D eigenvalue weighted by Gasteiger charge is 2.27. The van der Waals surface area contributed by atoms with Crippen LogP contribution in [0.3, 0.4) is 0 Å². The van der Waals surface area contributed by atoms with Crippen molar-refractivity contribution in [2.75, 3.05) is 13.2 Å². The number of aliphatic hydroxyl groups excluding tert-OH is 1. The van der Waals surface area contributed by atoms with Crippen LogP contribution in [0.5, 0.6) is 5.75 Å². The third-order valence-electron chi connectivity index (χ3n) is 8.44. The highest BCUT2D eigenvalue weighted by molar-refractivity contribution is 5.98. The minimum Gasteiger partial charge on any atom is -0.494 e. The summed E-state index contributed by atoms with van der Waals surface area (Å²) in [6.45, 7) is 8.34. The molecule has 0 fully saturated rings. The van der Waals surface area contributed by atoms with Crippen LogP contribution in [0, 0.1) is 0 Å². The Morgan fingerprint density at radius 1 is 0.760 bits per heavy atom. The van der Waals surface area contributed by atoms with Crippen LogP contribution >= 0.6 is 0 Å². The van der Waals surface area contributed by atoms with Gasteiger partial charge in [-0.3, -0.25) is 9.59 Å². The fraction of sp³-hybridized carbons (Fsp3) is 0.375. The molecule has 2 atom stereocenters. The van der Waals surface area contributed by atoms with Crippen LogP contribution in [0.1, 0.15) is 81.3 Å². The summed E-state index contributed by atoms with van der Waals surface area (Å²) in [5, 5.41) is 23.9. The van der Waals surface area contributed by atoms with Crippen LogP contribution in [0.25, 0.3) is 22.5 Å². The number of carbonyl (C=O) groups is 3. The number of hydrogen-bond acceptors (Lipinski definition) is 7. The first-order valence-corrected chi connectivity index (χ1v) is 17.2. The van der Waals surface area contributed by atoms with Crippen LogP contribution in [0.15, 0.2) is 85.2 Å². The van der Waals surface area contributed by atoms with Gasteiger partial charge in [-0.15, -0.1) is 0 Å². The zero-order valence-corrected chi connectivity index (χ0v) is 29.3. The Hall–Kier alpha value is -5.09. The predicted molar refractivity (Wildman–Crippen MR) is 194 cm³/mol. The standard InChI is InChI=1S/C40H48N4O6/c1-5-6-7-8-9-22-50-33-20-16-28(17-21-33)31-24-41-36(42-25-31)29-12-10-27(11-13-29)23-34(38(47)44-35(26-45)39(48)49)43-37(46)30-14-18-32(19-15-30)40(2,3)4/h10-21,24-25,34-35,45H,5-9,22-23,26H2,1-4H3,(H,43,46)(H,44,47)(H,48,49)/t34-,35+/m0/s1. The second-order valence-electron chi connectivity index (χ2n) is 13.4. The monoisotopic (exact) mass is 680 g/mol. The van der Waals surface area contributed by atoms with E-state index in [9.17, 15) is 24.6 Å². The lowest BCUT2D eigenvalue weighted by Gasteiger charge is -2.22. The van der Waals surface area contributed by atoms with E-state index in [4.69, 9.17) is 4.74 Å². The lowest BCUT2D eigenvalue weighted by molar-refractivity contribution is -0.143. The molecule has 264 valence electrons. The van der Waals surface area contributed by atoms with Crippen LogP contribution in [-0.2, 0) is 21.4 Å². The maximum absolute atomic E-state index is 13.2. The normalized spacial score (nSPS) is 12.5. The summed E-state index contributed by atoms with van der Waals surface area (Å²) in [6, 6.07) is 19.7. The van der Waals surface area contributed by atoms with Gasteiger partial charge in [0.15, 0.2) is 5.82 Å². The fourth-order valence-electron chi connectivity index (χ4n) is 5.32. The van der Waals surface area contributed by atoms with Gasteiger partial charge in [-0.25, -0.2) is 14.8 Å². The summed E-state index contributed by atoms with van der Waals surface area (Å²) in [5.74, 6) is -1.22. The van der Waals surface area contributed by atoms with E-state index >= 15 is 0 Å². The number of nitrogens with one attached hydrogen (secondary N) is 2. The van der Waals surface area contributed by atoms with E-state index in [0.29, 0.717) is 23.6 Å². The Balaban J connectivity index is 1.41. The maximum Gasteiger partial charge on any atom is 0.328 e. The van der Waals surface area contributed by atoms with E-state index in [2.05, 4.69) is 48.3 Å². The molecule has 0 radical (unpaired) electrons. The van der Waals surface area contributed by atoms with Gasteiger partial charge in [0.1, 0.15) is 17.8 Å². The number of rotatable bonds is 17. The lowest BCUT2D eigenvalue weighted by atomic mass is 9.86. The van der Waals surface area contributed by atoms with Crippen LogP contribution in [-0.4, -0.2) is 63.3 Å². The van der Waals surface area contributed by atoms with E-state index in [1.807, 2.05) is 48.5 Å². The second-order valence-corrected chi connectivity index (χ2v) is 13.4. The van der Waals surface area contributed by atoms with Crippen molar-refractivity contribution >= 4 is 17.8 Å². The van der Waals surface area contributed by atoms with Crippen molar-refractivity contribution in [2.45, 2.75) is 83.7 Å². The zero-order chi connectivity index (χ0) is 36.1. The maximum atomic E-state index is 13.2. The zero-order valence-electron chi connectivity index (χ0n) is 29.3. The molecule has 1 heterocycles. The molecule has 10 nitrogen and oxygen atoms in total. The molecule has 0 saturated heterocycles. The summed E-state index contributed by atoms with van der Waals surface area (Å²) in [5.41, 5.74) is 4.65. The third-order valence-corrected chi connectivity index (χ3v) is 8.44. The van der Waals surface area contributed by atoms with Gasteiger partial charge in [0, 0.05) is 35.5 Å². The number of benzene rings is 3. The average Bonchev–Trinajstić information content (AvgIpc) is 3.12. The van der Waals surface area contributed by atoms with E-state index in [1.54, 1.807) is 36.7 Å². The largest absolute Gasteiger partial charge is 0.494 e. The molecule has 50 heavy (non-hydrogen) atoms. The Kier molecular flexibility index (Phi) is 13.6. The van der Waals surface area contributed by atoms with Gasteiger partial charge in [-0.1, -0.05) is 102 Å². The number of amides is 2. The Morgan fingerprint density at radius 3 is 1.96 bits per heavy atom. The van der Waals surface area contributed by atoms with Crippen molar-refractivity contribution < 1.29 is 29.3 Å². The van der Waals surface area contributed by atoms with Crippen molar-refractivity contribution in [3.63, 3.8) is 0 Å². The van der Waals surface area contributed by atoms with E-state index in [-0.39, 0.29) is 11.8 Å². The lowest BCUT2D eigenvalue weighted by Crippen LogP contribution is -2.53. The molecule has 2 amide bonds. The van der Waals surface area contributed by atoms with Crippen molar-refractivity contribution in [1.82, 2.24) is 20.6 Å². The number of carboxylic acids is 1. The first kappa shape index (κ1) is 37.7. The smallest absolute Gasteiger partial charge is 0.328 e. The number of aromatic nitrogens is 2. The molecule has 1 aromatic heterocycles. The minimum atomic E-state index is -1.51. The van der Waals surface area contributed by atoms with Crippen LogP contribution in [0.4, 0.5) is 0 Å². The number of ether oxygens (including phenoxy) is 1. The molecule has 0 spiro atoms. The molecule has 0 unspecified atom stereocenters. The first-order valence-electron chi connectivity index (χ1n) is 17.2. The topological polar surface area (TPSA) is 151 Å². The minimum absolute atomic E-state index is 0.0774. The van der Waals surface area contributed by atoms with E-state index in [0.717, 1.165) is 34.4 Å². The van der Waals surface area contributed by atoms with Crippen molar-refractivity contribution in [2.24, 2.45) is 0 Å². The Morgan fingerprint density at radius 2 is 1.38 bits per heavy atom. The molecular weight excluding hydrogens is 632 g/mol. The predicted octanol–water partition coefficient (Wildman–Crippen LogP) is 6.36. The molecule has 0 aliphatic rings. The molecule has 0 aliphatic heterocycles. The quantitative estimate of drug-likeness (QED) is 0.0941. The van der Waals surface area contributed by atoms with Crippen LogP contribution in [0.2, 0.25) is 0 Å². The van der Waals surface area contributed by atoms with Crippen molar-refractivity contribution in [3.05, 3.63) is 102 Å². The molecule has 0 aliphatic carbocycles.